The third kappa shape index (κ3) is 3.95. The van der Waals surface area contributed by atoms with E-state index in [9.17, 15) is 27.6 Å². The molecule has 0 aromatic carbocycles. The first-order valence-electron chi connectivity index (χ1n) is 8.44. The maximum Gasteiger partial charge on any atom is 0.417 e. The molecule has 1 fully saturated rings. The van der Waals surface area contributed by atoms with Gasteiger partial charge in [-0.15, -0.1) is 0 Å². The lowest BCUT2D eigenvalue weighted by atomic mass is 10.2. The van der Waals surface area contributed by atoms with E-state index in [-0.39, 0.29) is 34.9 Å². The number of hydrogen-bond acceptors (Lipinski definition) is 6. The Balaban J connectivity index is 1.86. The standard InChI is InChI=1S/C17H15ClF3N5O3/c1-8(2)25-13(27)5-10(15(25)28)24-11-7-23-26(16(29)14(11)18)12-4-3-9(6-22-12)17(19,20)21/h3-4,6-8,10,24H,5H2,1-2H3. The highest BCUT2D eigenvalue weighted by Gasteiger charge is 2.40. The first-order chi connectivity index (χ1) is 13.5. The van der Waals surface area contributed by atoms with E-state index in [1.54, 1.807) is 13.8 Å². The molecule has 1 aliphatic heterocycles. The van der Waals surface area contributed by atoms with E-state index in [1.165, 1.54) is 0 Å². The summed E-state index contributed by atoms with van der Waals surface area (Å²) in [5.41, 5.74) is -1.80. The summed E-state index contributed by atoms with van der Waals surface area (Å²) in [6.45, 7) is 3.40. The normalized spacial score (nSPS) is 17.3. The Morgan fingerprint density at radius 1 is 1.21 bits per heavy atom. The van der Waals surface area contributed by atoms with Crippen molar-refractivity contribution in [3.05, 3.63) is 45.5 Å². The van der Waals surface area contributed by atoms with Crippen molar-refractivity contribution in [2.75, 3.05) is 5.32 Å². The Bertz CT molecular complexity index is 1020. The molecule has 1 aliphatic rings. The number of nitrogens with zero attached hydrogens (tertiary/aromatic N) is 4. The molecule has 154 valence electrons. The molecule has 0 saturated carbocycles. The summed E-state index contributed by atoms with van der Waals surface area (Å²) < 4.78 is 38.7. The van der Waals surface area contributed by atoms with Crippen LogP contribution in [0.15, 0.2) is 29.3 Å². The van der Waals surface area contributed by atoms with Crippen LogP contribution >= 0.6 is 11.6 Å². The van der Waals surface area contributed by atoms with Crippen molar-refractivity contribution in [2.24, 2.45) is 0 Å². The zero-order valence-electron chi connectivity index (χ0n) is 15.2. The number of rotatable bonds is 4. The first-order valence-corrected chi connectivity index (χ1v) is 8.82. The fourth-order valence-corrected chi connectivity index (χ4v) is 3.05. The molecular formula is C17H15ClF3N5O3. The van der Waals surface area contributed by atoms with Crippen LogP contribution in [-0.4, -0.2) is 43.6 Å². The van der Waals surface area contributed by atoms with Crippen molar-refractivity contribution in [1.82, 2.24) is 19.7 Å². The summed E-state index contributed by atoms with van der Waals surface area (Å²) in [5, 5.41) is 6.24. The quantitative estimate of drug-likeness (QED) is 0.749. The number of carbonyl (C=O) groups excluding carboxylic acids is 2. The Hall–Kier alpha value is -2.95. The summed E-state index contributed by atoms with van der Waals surface area (Å²) in [5.74, 6) is -0.960. The number of nitrogens with one attached hydrogen (secondary N) is 1. The Labute approximate surface area is 167 Å². The van der Waals surface area contributed by atoms with Gasteiger partial charge in [0.15, 0.2) is 5.82 Å². The van der Waals surface area contributed by atoms with Gasteiger partial charge in [0.25, 0.3) is 11.5 Å². The van der Waals surface area contributed by atoms with E-state index >= 15 is 0 Å². The summed E-state index contributed by atoms with van der Waals surface area (Å²) in [4.78, 5) is 41.5. The van der Waals surface area contributed by atoms with Crippen molar-refractivity contribution in [2.45, 2.75) is 38.5 Å². The molecule has 2 aromatic rings. The highest BCUT2D eigenvalue weighted by molar-refractivity contribution is 6.33. The average Bonchev–Trinajstić information content (AvgIpc) is 2.92. The molecule has 29 heavy (non-hydrogen) atoms. The van der Waals surface area contributed by atoms with Gasteiger partial charge < -0.3 is 5.32 Å². The summed E-state index contributed by atoms with van der Waals surface area (Å²) in [7, 11) is 0. The lowest BCUT2D eigenvalue weighted by Crippen LogP contribution is -2.39. The van der Waals surface area contributed by atoms with Crippen LogP contribution in [0.3, 0.4) is 0 Å². The van der Waals surface area contributed by atoms with E-state index in [1.807, 2.05) is 0 Å². The predicted molar refractivity (Wildman–Crippen MR) is 96.7 cm³/mol. The van der Waals surface area contributed by atoms with Crippen LogP contribution in [0.25, 0.3) is 5.82 Å². The van der Waals surface area contributed by atoms with Gasteiger partial charge in [-0.25, -0.2) is 4.98 Å². The van der Waals surface area contributed by atoms with Crippen LogP contribution in [0.4, 0.5) is 18.9 Å². The molecule has 1 N–H and O–H groups in total. The second-order valence-electron chi connectivity index (χ2n) is 6.59. The van der Waals surface area contributed by atoms with Crippen molar-refractivity contribution in [3.8, 4) is 5.82 Å². The fraction of sp³-hybridized carbons (Fsp3) is 0.353. The Morgan fingerprint density at radius 2 is 1.90 bits per heavy atom. The van der Waals surface area contributed by atoms with Crippen LogP contribution in [0.5, 0.6) is 0 Å². The number of anilines is 1. The van der Waals surface area contributed by atoms with Crippen molar-refractivity contribution in [1.29, 1.82) is 0 Å². The molecule has 2 aromatic heterocycles. The van der Waals surface area contributed by atoms with E-state index in [0.717, 1.165) is 27.9 Å². The number of aromatic nitrogens is 3. The Morgan fingerprint density at radius 3 is 2.41 bits per heavy atom. The van der Waals surface area contributed by atoms with Crippen LogP contribution in [-0.2, 0) is 15.8 Å². The fourth-order valence-electron chi connectivity index (χ4n) is 2.87. The largest absolute Gasteiger partial charge is 0.417 e. The summed E-state index contributed by atoms with van der Waals surface area (Å²) >= 11 is 6.06. The van der Waals surface area contributed by atoms with Crippen LogP contribution in [0.2, 0.25) is 5.02 Å². The zero-order valence-corrected chi connectivity index (χ0v) is 16.0. The molecule has 0 aliphatic carbocycles. The number of hydrogen-bond donors (Lipinski definition) is 1. The van der Waals surface area contributed by atoms with E-state index < -0.39 is 29.2 Å². The van der Waals surface area contributed by atoms with Gasteiger partial charge >= 0.3 is 6.18 Å². The minimum atomic E-state index is -4.57. The lowest BCUT2D eigenvalue weighted by Gasteiger charge is -2.19. The number of pyridine rings is 1. The first kappa shape index (κ1) is 20.8. The Kier molecular flexibility index (Phi) is 5.35. The van der Waals surface area contributed by atoms with E-state index in [4.69, 9.17) is 11.6 Å². The molecule has 3 rings (SSSR count). The number of alkyl halides is 3. The van der Waals surface area contributed by atoms with Gasteiger partial charge in [0, 0.05) is 12.2 Å². The molecule has 2 amide bonds. The van der Waals surface area contributed by atoms with Crippen molar-refractivity contribution in [3.63, 3.8) is 0 Å². The minimum absolute atomic E-state index is 0.0246. The van der Waals surface area contributed by atoms with Crippen LogP contribution < -0.4 is 10.9 Å². The van der Waals surface area contributed by atoms with Gasteiger partial charge in [0.2, 0.25) is 5.91 Å². The van der Waals surface area contributed by atoms with Gasteiger partial charge in [-0.1, -0.05) is 11.6 Å². The second-order valence-corrected chi connectivity index (χ2v) is 6.97. The molecule has 1 atom stereocenters. The zero-order chi connectivity index (χ0) is 21.5. The third-order valence-electron chi connectivity index (χ3n) is 4.24. The van der Waals surface area contributed by atoms with Gasteiger partial charge in [0.1, 0.15) is 11.1 Å². The van der Waals surface area contributed by atoms with Gasteiger partial charge in [-0.05, 0) is 26.0 Å². The molecule has 0 radical (unpaired) electrons. The van der Waals surface area contributed by atoms with Gasteiger partial charge in [0.05, 0.1) is 23.9 Å². The number of likely N-dealkylation sites (tertiary alicyclic amines) is 1. The molecule has 8 nitrogen and oxygen atoms in total. The highest BCUT2D eigenvalue weighted by atomic mass is 35.5. The highest BCUT2D eigenvalue weighted by Crippen LogP contribution is 2.29. The second kappa shape index (κ2) is 7.47. The van der Waals surface area contributed by atoms with Gasteiger partial charge in [-0.3, -0.25) is 19.3 Å². The molecule has 12 heteroatoms. The monoisotopic (exact) mass is 429 g/mol. The van der Waals surface area contributed by atoms with Crippen molar-refractivity contribution < 1.29 is 22.8 Å². The summed E-state index contributed by atoms with van der Waals surface area (Å²) in [6.07, 6.45) is -2.95. The van der Waals surface area contributed by atoms with Crippen LogP contribution in [0, 0.1) is 0 Å². The molecule has 0 spiro atoms. The van der Waals surface area contributed by atoms with E-state index in [2.05, 4.69) is 15.4 Å². The van der Waals surface area contributed by atoms with Crippen LogP contribution in [0.1, 0.15) is 25.8 Å². The lowest BCUT2D eigenvalue weighted by molar-refractivity contribution is -0.140. The molecular weight excluding hydrogens is 415 g/mol. The minimum Gasteiger partial charge on any atom is -0.371 e. The maximum atomic E-state index is 12.6. The number of halogens is 4. The average molecular weight is 430 g/mol. The predicted octanol–water partition coefficient (Wildman–Crippen LogP) is 2.25. The summed E-state index contributed by atoms with van der Waals surface area (Å²) in [6, 6.07) is 0.540. The smallest absolute Gasteiger partial charge is 0.371 e. The third-order valence-corrected chi connectivity index (χ3v) is 4.61. The number of imide groups is 1. The molecule has 0 bridgehead atoms. The molecule has 1 unspecified atom stereocenters. The van der Waals surface area contributed by atoms with E-state index in [0.29, 0.717) is 6.20 Å². The SMILES string of the molecule is CC(C)N1C(=O)CC(Nc2cnn(-c3ccc(C(F)(F)F)cn3)c(=O)c2Cl)C1=O. The number of carbonyl (C=O) groups is 2. The molecule has 1 saturated heterocycles. The topological polar surface area (TPSA) is 97.2 Å². The number of amides is 2. The maximum absolute atomic E-state index is 12.6. The molecule has 3 heterocycles. The van der Waals surface area contributed by atoms with Gasteiger partial charge in [-0.2, -0.15) is 23.0 Å². The van der Waals surface area contributed by atoms with Crippen molar-refractivity contribution >= 4 is 29.1 Å².